The third kappa shape index (κ3) is 3.85. The summed E-state index contributed by atoms with van der Waals surface area (Å²) in [5, 5.41) is 19.8. The third-order valence-electron chi connectivity index (χ3n) is 5.18. The lowest BCUT2D eigenvalue weighted by molar-refractivity contribution is 0.426. The minimum Gasteiger partial charge on any atom is -0.423 e. The second kappa shape index (κ2) is 7.34. The Hall–Kier alpha value is -2.36. The van der Waals surface area contributed by atoms with Gasteiger partial charge in [-0.2, -0.15) is 0 Å². The Bertz CT molecular complexity index is 897. The molecule has 0 aromatic heterocycles. The van der Waals surface area contributed by atoms with Crippen LogP contribution in [0.1, 0.15) is 33.4 Å². The average molecular weight is 358 g/mol. The fourth-order valence-corrected chi connectivity index (χ4v) is 4.36. The summed E-state index contributed by atoms with van der Waals surface area (Å²) in [4.78, 5) is 0. The molecule has 0 aliphatic heterocycles. The van der Waals surface area contributed by atoms with Gasteiger partial charge in [0.2, 0.25) is 0 Å². The maximum atomic E-state index is 9.89. The van der Waals surface area contributed by atoms with Crippen LogP contribution in [-0.2, 0) is 0 Å². The van der Waals surface area contributed by atoms with Crippen molar-refractivity contribution in [3.63, 3.8) is 0 Å². The highest BCUT2D eigenvalue weighted by atomic mass is 16.4. The maximum absolute atomic E-state index is 9.89. The first-order valence-corrected chi connectivity index (χ1v) is 9.35. The number of rotatable bonds is 3. The SMILES string of the molecule is Cc1cc(C)c(-c2cc(B(O)O)cc(-c3c(C)cc(C)cc3C)c2)c(C)c1. The molecule has 27 heavy (non-hydrogen) atoms. The second-order valence-electron chi connectivity index (χ2n) is 7.76. The molecule has 0 spiro atoms. The summed E-state index contributed by atoms with van der Waals surface area (Å²) in [5.74, 6) is 0. The molecule has 0 bridgehead atoms. The summed E-state index contributed by atoms with van der Waals surface area (Å²) in [5.41, 5.74) is 12.1. The van der Waals surface area contributed by atoms with Gasteiger partial charge in [0.15, 0.2) is 0 Å². The fourth-order valence-electron chi connectivity index (χ4n) is 4.36. The standard InChI is InChI=1S/C24H27BO2/c1-14-7-16(3)23(17(4)8-14)20-11-21(13-22(12-20)25(26)27)24-18(5)9-15(2)10-19(24)6/h7-13,26-27H,1-6H3. The van der Waals surface area contributed by atoms with Gasteiger partial charge in [-0.3, -0.25) is 0 Å². The van der Waals surface area contributed by atoms with E-state index < -0.39 is 7.12 Å². The summed E-state index contributed by atoms with van der Waals surface area (Å²) >= 11 is 0. The first-order valence-electron chi connectivity index (χ1n) is 9.35. The molecule has 3 aromatic carbocycles. The van der Waals surface area contributed by atoms with Crippen LogP contribution in [0.15, 0.2) is 42.5 Å². The summed E-state index contributed by atoms with van der Waals surface area (Å²) in [7, 11) is -1.50. The Labute approximate surface area is 162 Å². The van der Waals surface area contributed by atoms with Crippen molar-refractivity contribution in [1.29, 1.82) is 0 Å². The largest absolute Gasteiger partial charge is 0.488 e. The number of benzene rings is 3. The molecule has 2 N–H and O–H groups in total. The van der Waals surface area contributed by atoms with Crippen LogP contribution in [0.2, 0.25) is 0 Å². The van der Waals surface area contributed by atoms with Crippen molar-refractivity contribution >= 4 is 12.6 Å². The zero-order valence-electron chi connectivity index (χ0n) is 17.0. The van der Waals surface area contributed by atoms with Gasteiger partial charge in [-0.05, 0) is 97.6 Å². The van der Waals surface area contributed by atoms with Crippen LogP contribution in [-0.4, -0.2) is 17.2 Å². The maximum Gasteiger partial charge on any atom is 0.488 e. The van der Waals surface area contributed by atoms with Crippen LogP contribution in [0.25, 0.3) is 22.3 Å². The van der Waals surface area contributed by atoms with Gasteiger partial charge in [-0.25, -0.2) is 0 Å². The van der Waals surface area contributed by atoms with Gasteiger partial charge in [0.25, 0.3) is 0 Å². The van der Waals surface area contributed by atoms with E-state index >= 15 is 0 Å². The minimum atomic E-state index is -1.50. The first-order chi connectivity index (χ1) is 12.7. The van der Waals surface area contributed by atoms with Crippen molar-refractivity contribution < 1.29 is 10.0 Å². The molecule has 138 valence electrons. The smallest absolute Gasteiger partial charge is 0.423 e. The van der Waals surface area contributed by atoms with E-state index in [1.54, 1.807) is 0 Å². The minimum absolute atomic E-state index is 0.515. The second-order valence-corrected chi connectivity index (χ2v) is 7.76. The van der Waals surface area contributed by atoms with Crippen molar-refractivity contribution in [2.75, 3.05) is 0 Å². The molecule has 0 unspecified atom stereocenters. The molecular weight excluding hydrogens is 331 g/mol. The summed E-state index contributed by atoms with van der Waals surface area (Å²) in [6.07, 6.45) is 0. The lowest BCUT2D eigenvalue weighted by Crippen LogP contribution is -2.30. The topological polar surface area (TPSA) is 40.5 Å². The molecule has 0 fully saturated rings. The first kappa shape index (κ1) is 19.4. The predicted octanol–water partition coefficient (Wildman–Crippen LogP) is 4.55. The highest BCUT2D eigenvalue weighted by Crippen LogP contribution is 2.34. The van der Waals surface area contributed by atoms with E-state index in [0.717, 1.165) is 22.3 Å². The molecule has 3 aromatic rings. The average Bonchev–Trinajstić information content (AvgIpc) is 2.52. The molecule has 0 atom stereocenters. The molecule has 0 aliphatic carbocycles. The Morgan fingerprint density at radius 3 is 1.15 bits per heavy atom. The van der Waals surface area contributed by atoms with E-state index in [1.165, 1.54) is 33.4 Å². The van der Waals surface area contributed by atoms with E-state index in [4.69, 9.17) is 0 Å². The lowest BCUT2D eigenvalue weighted by atomic mass is 9.76. The van der Waals surface area contributed by atoms with E-state index in [9.17, 15) is 10.0 Å². The molecule has 0 saturated heterocycles. The molecule has 0 aliphatic rings. The number of hydrogen-bond donors (Lipinski definition) is 2. The number of hydrogen-bond acceptors (Lipinski definition) is 2. The van der Waals surface area contributed by atoms with Gasteiger partial charge in [0, 0.05) is 0 Å². The molecule has 3 heteroatoms. The zero-order valence-corrected chi connectivity index (χ0v) is 17.0. The molecular formula is C24H27BO2. The molecule has 2 nitrogen and oxygen atoms in total. The van der Waals surface area contributed by atoms with Gasteiger partial charge in [-0.15, -0.1) is 0 Å². The van der Waals surface area contributed by atoms with Gasteiger partial charge in [0.1, 0.15) is 0 Å². The molecule has 0 saturated carbocycles. The van der Waals surface area contributed by atoms with Crippen LogP contribution in [0, 0.1) is 41.5 Å². The molecule has 0 heterocycles. The summed E-state index contributed by atoms with van der Waals surface area (Å²) < 4.78 is 0. The van der Waals surface area contributed by atoms with E-state index in [2.05, 4.69) is 71.9 Å². The van der Waals surface area contributed by atoms with Crippen LogP contribution >= 0.6 is 0 Å². The van der Waals surface area contributed by atoms with E-state index in [0.29, 0.717) is 5.46 Å². The Morgan fingerprint density at radius 2 is 0.852 bits per heavy atom. The van der Waals surface area contributed by atoms with Crippen LogP contribution in [0.5, 0.6) is 0 Å². The normalized spacial score (nSPS) is 11.0. The number of aryl methyl sites for hydroxylation is 6. The fraction of sp³-hybridized carbons (Fsp3) is 0.250. The van der Waals surface area contributed by atoms with Crippen molar-refractivity contribution in [3.8, 4) is 22.3 Å². The Morgan fingerprint density at radius 1 is 0.519 bits per heavy atom. The Balaban J connectivity index is 2.31. The molecule has 0 amide bonds. The predicted molar refractivity (Wildman–Crippen MR) is 116 cm³/mol. The summed E-state index contributed by atoms with van der Waals surface area (Å²) in [6.45, 7) is 12.6. The highest BCUT2D eigenvalue weighted by molar-refractivity contribution is 6.58. The Kier molecular flexibility index (Phi) is 5.28. The van der Waals surface area contributed by atoms with Gasteiger partial charge in [0.05, 0.1) is 0 Å². The van der Waals surface area contributed by atoms with E-state index in [1.807, 2.05) is 12.1 Å². The monoisotopic (exact) mass is 358 g/mol. The summed E-state index contributed by atoms with van der Waals surface area (Å²) in [6, 6.07) is 14.6. The van der Waals surface area contributed by atoms with Crippen LogP contribution in [0.4, 0.5) is 0 Å². The molecule has 3 rings (SSSR count). The van der Waals surface area contributed by atoms with Gasteiger partial charge >= 0.3 is 7.12 Å². The lowest BCUT2D eigenvalue weighted by Gasteiger charge is -2.17. The van der Waals surface area contributed by atoms with Crippen molar-refractivity contribution in [2.24, 2.45) is 0 Å². The van der Waals surface area contributed by atoms with Crippen molar-refractivity contribution in [3.05, 3.63) is 75.8 Å². The third-order valence-corrected chi connectivity index (χ3v) is 5.18. The van der Waals surface area contributed by atoms with Crippen LogP contribution < -0.4 is 5.46 Å². The quantitative estimate of drug-likeness (QED) is 0.675. The van der Waals surface area contributed by atoms with Crippen molar-refractivity contribution in [2.45, 2.75) is 41.5 Å². The van der Waals surface area contributed by atoms with Crippen LogP contribution in [0.3, 0.4) is 0 Å². The van der Waals surface area contributed by atoms with Gasteiger partial charge < -0.3 is 10.0 Å². The van der Waals surface area contributed by atoms with Gasteiger partial charge in [-0.1, -0.05) is 47.5 Å². The highest BCUT2D eigenvalue weighted by Gasteiger charge is 2.18. The van der Waals surface area contributed by atoms with Crippen molar-refractivity contribution in [1.82, 2.24) is 0 Å². The molecule has 0 radical (unpaired) electrons. The van der Waals surface area contributed by atoms with E-state index in [-0.39, 0.29) is 0 Å². The zero-order chi connectivity index (χ0) is 19.9.